The Kier molecular flexibility index (Phi) is 4.58. The normalized spacial score (nSPS) is 10.6. The molecule has 0 aliphatic carbocycles. The van der Waals surface area contributed by atoms with Crippen LogP contribution in [0.2, 0.25) is 5.02 Å². The van der Waals surface area contributed by atoms with Gasteiger partial charge in [0.15, 0.2) is 0 Å². The molecule has 0 saturated heterocycles. The zero-order valence-corrected chi connectivity index (χ0v) is 11.9. The van der Waals surface area contributed by atoms with Crippen molar-refractivity contribution < 1.29 is 4.74 Å². The number of ether oxygens (including phenoxy) is 1. The second-order valence-corrected chi connectivity index (χ2v) is 5.11. The van der Waals surface area contributed by atoms with Crippen LogP contribution in [0.1, 0.15) is 11.3 Å². The van der Waals surface area contributed by atoms with Gasteiger partial charge in [0.05, 0.1) is 23.9 Å². The Balaban J connectivity index is 1.94. The molecule has 1 heterocycles. The molecule has 3 nitrogen and oxygen atoms in total. The monoisotopic (exact) mass is 326 g/mol. The highest BCUT2D eigenvalue weighted by Gasteiger charge is 2.03. The Bertz CT molecular complexity index is 548. The Labute approximate surface area is 119 Å². The maximum atomic E-state index is 6.00. The molecule has 0 aliphatic heterocycles. The Morgan fingerprint density at radius 3 is 2.83 bits per heavy atom. The van der Waals surface area contributed by atoms with Crippen LogP contribution < -0.4 is 5.73 Å². The minimum absolute atomic E-state index is 0.344. The van der Waals surface area contributed by atoms with Crippen molar-refractivity contribution in [2.75, 3.05) is 5.73 Å². The molecule has 2 N–H and O–H groups in total. The molecule has 0 amide bonds. The van der Waals surface area contributed by atoms with Crippen molar-refractivity contribution in [3.8, 4) is 0 Å². The van der Waals surface area contributed by atoms with Crippen LogP contribution in [0, 0.1) is 0 Å². The maximum absolute atomic E-state index is 6.00. The summed E-state index contributed by atoms with van der Waals surface area (Å²) >= 11 is 9.41. The zero-order chi connectivity index (χ0) is 13.0. The van der Waals surface area contributed by atoms with Gasteiger partial charge in [-0.15, -0.1) is 0 Å². The highest BCUT2D eigenvalue weighted by atomic mass is 79.9. The molecule has 5 heteroatoms. The van der Waals surface area contributed by atoms with Crippen LogP contribution >= 0.6 is 27.5 Å². The lowest BCUT2D eigenvalue weighted by Crippen LogP contribution is -2.00. The number of halogens is 2. The van der Waals surface area contributed by atoms with E-state index in [-0.39, 0.29) is 0 Å². The molecule has 0 saturated carbocycles. The van der Waals surface area contributed by atoms with Crippen molar-refractivity contribution in [3.05, 3.63) is 57.2 Å². The number of rotatable bonds is 4. The van der Waals surface area contributed by atoms with Gasteiger partial charge in [-0.2, -0.15) is 0 Å². The summed E-state index contributed by atoms with van der Waals surface area (Å²) in [6.07, 6.45) is 0. The van der Waals surface area contributed by atoms with E-state index in [2.05, 4.69) is 20.9 Å². The van der Waals surface area contributed by atoms with Crippen LogP contribution in [-0.4, -0.2) is 4.98 Å². The number of aromatic nitrogens is 1. The van der Waals surface area contributed by atoms with Crippen LogP contribution in [-0.2, 0) is 18.0 Å². The molecule has 0 bridgehead atoms. The van der Waals surface area contributed by atoms with Crippen LogP contribution in [0.3, 0.4) is 0 Å². The molecule has 0 aliphatic rings. The molecule has 1 aromatic carbocycles. The summed E-state index contributed by atoms with van der Waals surface area (Å²) in [5, 5.41) is 0.568. The quantitative estimate of drug-likeness (QED) is 0.929. The number of benzene rings is 1. The van der Waals surface area contributed by atoms with Crippen molar-refractivity contribution in [2.45, 2.75) is 13.2 Å². The van der Waals surface area contributed by atoms with E-state index in [1.807, 2.05) is 24.3 Å². The van der Waals surface area contributed by atoms with Crippen LogP contribution in [0.4, 0.5) is 5.82 Å². The van der Waals surface area contributed by atoms with E-state index in [1.165, 1.54) is 0 Å². The molecule has 0 radical (unpaired) electrons. The summed E-state index contributed by atoms with van der Waals surface area (Å²) in [4.78, 5) is 4.13. The molecule has 2 rings (SSSR count). The van der Waals surface area contributed by atoms with E-state index in [1.54, 1.807) is 12.1 Å². The number of nitrogen functional groups attached to an aromatic ring is 1. The number of nitrogens with two attached hydrogens (primary N) is 1. The first-order valence-corrected chi connectivity index (χ1v) is 6.55. The van der Waals surface area contributed by atoms with Gasteiger partial charge in [0, 0.05) is 4.47 Å². The van der Waals surface area contributed by atoms with Crippen molar-refractivity contribution in [3.63, 3.8) is 0 Å². The van der Waals surface area contributed by atoms with Gasteiger partial charge in [0.2, 0.25) is 0 Å². The summed E-state index contributed by atoms with van der Waals surface area (Å²) in [7, 11) is 0. The van der Waals surface area contributed by atoms with E-state index in [4.69, 9.17) is 22.1 Å². The highest BCUT2D eigenvalue weighted by molar-refractivity contribution is 9.10. The van der Waals surface area contributed by atoms with Gasteiger partial charge in [0.1, 0.15) is 5.82 Å². The van der Waals surface area contributed by atoms with Gasteiger partial charge in [-0.05, 0) is 29.8 Å². The Hall–Kier alpha value is -1.10. The van der Waals surface area contributed by atoms with E-state index in [0.29, 0.717) is 29.7 Å². The van der Waals surface area contributed by atoms with Gasteiger partial charge >= 0.3 is 0 Å². The summed E-state index contributed by atoms with van der Waals surface area (Å²) in [6.45, 7) is 0.850. The lowest BCUT2D eigenvalue weighted by atomic mass is 10.2. The first-order chi connectivity index (χ1) is 8.65. The average molecular weight is 328 g/mol. The average Bonchev–Trinajstić information content (AvgIpc) is 2.34. The molecule has 18 heavy (non-hydrogen) atoms. The standard InChI is InChI=1S/C13H12BrClN2O/c14-10-3-1-2-9(6-10)7-18-8-12-11(15)4-5-13(16)17-12/h1-6H,7-8H2,(H2,16,17). The second-order valence-electron chi connectivity index (χ2n) is 3.79. The first kappa shape index (κ1) is 13.3. The highest BCUT2D eigenvalue weighted by Crippen LogP contribution is 2.17. The molecule has 2 aromatic rings. The minimum atomic E-state index is 0.344. The summed E-state index contributed by atoms with van der Waals surface area (Å²) in [5.41, 5.74) is 7.35. The molecular weight excluding hydrogens is 316 g/mol. The summed E-state index contributed by atoms with van der Waals surface area (Å²) < 4.78 is 6.60. The third kappa shape index (κ3) is 3.70. The predicted octanol–water partition coefficient (Wildman–Crippen LogP) is 3.80. The van der Waals surface area contributed by atoms with E-state index in [0.717, 1.165) is 10.0 Å². The van der Waals surface area contributed by atoms with Gasteiger partial charge in [-0.25, -0.2) is 4.98 Å². The second kappa shape index (κ2) is 6.18. The first-order valence-electron chi connectivity index (χ1n) is 5.38. The predicted molar refractivity (Wildman–Crippen MR) is 76.3 cm³/mol. The van der Waals surface area contributed by atoms with Crippen molar-refractivity contribution in [1.29, 1.82) is 0 Å². The van der Waals surface area contributed by atoms with Crippen LogP contribution in [0.15, 0.2) is 40.9 Å². The lowest BCUT2D eigenvalue weighted by molar-refractivity contribution is 0.105. The number of anilines is 1. The largest absolute Gasteiger partial charge is 0.384 e. The third-order valence-corrected chi connectivity index (χ3v) is 3.17. The summed E-state index contributed by atoms with van der Waals surface area (Å²) in [6, 6.07) is 11.3. The fourth-order valence-corrected chi connectivity index (χ4v) is 2.10. The number of nitrogens with zero attached hydrogens (tertiary/aromatic N) is 1. The molecule has 0 fully saturated rings. The molecule has 0 atom stereocenters. The molecular formula is C13H12BrClN2O. The van der Waals surface area contributed by atoms with Crippen LogP contribution in [0.25, 0.3) is 0 Å². The fourth-order valence-electron chi connectivity index (χ4n) is 1.49. The zero-order valence-electron chi connectivity index (χ0n) is 9.57. The van der Waals surface area contributed by atoms with Gasteiger partial charge in [0.25, 0.3) is 0 Å². The third-order valence-electron chi connectivity index (χ3n) is 2.34. The molecule has 0 spiro atoms. The van der Waals surface area contributed by atoms with Crippen LogP contribution in [0.5, 0.6) is 0 Å². The van der Waals surface area contributed by atoms with Crippen molar-refractivity contribution >= 4 is 33.3 Å². The lowest BCUT2D eigenvalue weighted by Gasteiger charge is -2.06. The number of hydrogen-bond donors (Lipinski definition) is 1. The smallest absolute Gasteiger partial charge is 0.123 e. The fraction of sp³-hybridized carbons (Fsp3) is 0.154. The number of pyridine rings is 1. The summed E-state index contributed by atoms with van der Waals surface area (Å²) in [5.74, 6) is 0.445. The van der Waals surface area contributed by atoms with Gasteiger partial charge in [-0.3, -0.25) is 0 Å². The SMILES string of the molecule is Nc1ccc(Cl)c(COCc2cccc(Br)c2)n1. The maximum Gasteiger partial charge on any atom is 0.123 e. The minimum Gasteiger partial charge on any atom is -0.384 e. The molecule has 94 valence electrons. The van der Waals surface area contributed by atoms with E-state index >= 15 is 0 Å². The molecule has 0 unspecified atom stereocenters. The van der Waals surface area contributed by atoms with E-state index in [9.17, 15) is 0 Å². The Morgan fingerprint density at radius 1 is 1.22 bits per heavy atom. The van der Waals surface area contributed by atoms with E-state index < -0.39 is 0 Å². The van der Waals surface area contributed by atoms with Crippen molar-refractivity contribution in [2.24, 2.45) is 0 Å². The van der Waals surface area contributed by atoms with Crippen molar-refractivity contribution in [1.82, 2.24) is 4.98 Å². The van der Waals surface area contributed by atoms with Gasteiger partial charge < -0.3 is 10.5 Å². The molecule has 1 aromatic heterocycles. The topological polar surface area (TPSA) is 48.1 Å². The van der Waals surface area contributed by atoms with Gasteiger partial charge in [-0.1, -0.05) is 39.7 Å². The number of hydrogen-bond acceptors (Lipinski definition) is 3. The Morgan fingerprint density at radius 2 is 2.06 bits per heavy atom.